The average Bonchev–Trinajstić information content (AvgIpc) is 2.93. The molecule has 0 saturated heterocycles. The number of phenols is 2. The first kappa shape index (κ1) is 31.3. The largest absolute Gasteiger partial charge is 0.508 e. The van der Waals surface area contributed by atoms with Crippen LogP contribution in [0, 0.1) is 11.3 Å². The number of aromatic hydroxyl groups is 2. The normalized spacial score (nSPS) is 12.3. The first-order valence-electron chi connectivity index (χ1n) is 13.1. The molecule has 0 aliphatic carbocycles. The van der Waals surface area contributed by atoms with Crippen LogP contribution in [0.4, 0.5) is 10.5 Å². The third-order valence-electron chi connectivity index (χ3n) is 6.02. The van der Waals surface area contributed by atoms with Gasteiger partial charge >= 0.3 is 6.09 Å². The van der Waals surface area contributed by atoms with Gasteiger partial charge in [-0.05, 0) is 80.4 Å². The molecule has 3 rings (SSSR count). The van der Waals surface area contributed by atoms with Gasteiger partial charge in [0.15, 0.2) is 0 Å². The number of anilines is 1. The Balaban J connectivity index is 2.02. The topological polar surface area (TPSA) is 161 Å². The highest BCUT2D eigenvalue weighted by molar-refractivity contribution is 5.99. The summed E-state index contributed by atoms with van der Waals surface area (Å²) in [6, 6.07) is 17.7. The van der Waals surface area contributed by atoms with Crippen molar-refractivity contribution >= 4 is 23.6 Å². The Bertz CT molecular complexity index is 1410. The molecule has 2 atom stereocenters. The van der Waals surface area contributed by atoms with Gasteiger partial charge in [0.1, 0.15) is 41.5 Å². The molecule has 11 nitrogen and oxygen atoms in total. The van der Waals surface area contributed by atoms with Crippen molar-refractivity contribution in [1.82, 2.24) is 10.2 Å². The van der Waals surface area contributed by atoms with Crippen molar-refractivity contribution in [1.29, 1.82) is 5.26 Å². The van der Waals surface area contributed by atoms with Crippen molar-refractivity contribution in [2.45, 2.75) is 44.9 Å². The Labute approximate surface area is 244 Å². The lowest BCUT2D eigenvalue weighted by atomic mass is 10.00. The number of nitrogens with one attached hydrogen (secondary N) is 2. The Morgan fingerprint density at radius 2 is 1.50 bits per heavy atom. The second-order valence-corrected chi connectivity index (χ2v) is 10.4. The van der Waals surface area contributed by atoms with Crippen molar-refractivity contribution in [2.75, 3.05) is 19.0 Å². The van der Waals surface area contributed by atoms with Gasteiger partial charge in [-0.1, -0.05) is 24.3 Å². The molecule has 3 aromatic rings. The van der Waals surface area contributed by atoms with Crippen LogP contribution in [0.2, 0.25) is 0 Å². The Kier molecular flexibility index (Phi) is 10.4. The lowest BCUT2D eigenvalue weighted by molar-refractivity contribution is -0.140. The van der Waals surface area contributed by atoms with Crippen molar-refractivity contribution in [3.63, 3.8) is 0 Å². The SMILES string of the molecule is COc1ccc(NC(=O)C(c2ccc(O)cc2)N(CC#N)C(=O)C(Cc2ccc(O)cc2)NC(=O)OC(C)(C)C)cc1. The number of carbonyl (C=O) groups is 3. The van der Waals surface area contributed by atoms with E-state index in [0.29, 0.717) is 22.6 Å². The highest BCUT2D eigenvalue weighted by atomic mass is 16.6. The summed E-state index contributed by atoms with van der Waals surface area (Å²) in [5.41, 5.74) is 0.488. The molecule has 0 aliphatic heterocycles. The summed E-state index contributed by atoms with van der Waals surface area (Å²) in [6.07, 6.45) is -0.886. The van der Waals surface area contributed by atoms with E-state index in [1.165, 1.54) is 43.5 Å². The molecule has 4 N–H and O–H groups in total. The average molecular weight is 575 g/mol. The molecule has 0 bridgehead atoms. The van der Waals surface area contributed by atoms with Crippen LogP contribution in [-0.4, -0.2) is 58.3 Å². The van der Waals surface area contributed by atoms with Crippen LogP contribution >= 0.6 is 0 Å². The third kappa shape index (κ3) is 8.89. The molecule has 0 aliphatic rings. The summed E-state index contributed by atoms with van der Waals surface area (Å²) < 4.78 is 10.5. The van der Waals surface area contributed by atoms with Gasteiger partial charge in [0.2, 0.25) is 5.91 Å². The number of alkyl carbamates (subject to hydrolysis) is 1. The minimum absolute atomic E-state index is 0.0235. The van der Waals surface area contributed by atoms with E-state index >= 15 is 0 Å². The number of phenolic OH excluding ortho intramolecular Hbond substituents is 2. The predicted molar refractivity (Wildman–Crippen MR) is 155 cm³/mol. The first-order valence-corrected chi connectivity index (χ1v) is 13.1. The zero-order valence-electron chi connectivity index (χ0n) is 23.8. The summed E-state index contributed by atoms with van der Waals surface area (Å²) >= 11 is 0. The molecule has 0 heterocycles. The van der Waals surface area contributed by atoms with Crippen LogP contribution in [0.15, 0.2) is 72.8 Å². The molecule has 220 valence electrons. The van der Waals surface area contributed by atoms with Gasteiger partial charge in [0, 0.05) is 12.1 Å². The quantitative estimate of drug-likeness (QED) is 0.261. The van der Waals surface area contributed by atoms with Crippen LogP contribution in [0.5, 0.6) is 17.2 Å². The minimum atomic E-state index is -1.32. The van der Waals surface area contributed by atoms with Gasteiger partial charge in [-0.15, -0.1) is 0 Å². The second-order valence-electron chi connectivity index (χ2n) is 10.4. The smallest absolute Gasteiger partial charge is 0.408 e. The molecule has 0 saturated carbocycles. The fourth-order valence-corrected chi connectivity index (χ4v) is 4.10. The highest BCUT2D eigenvalue weighted by Crippen LogP contribution is 2.27. The zero-order valence-corrected chi connectivity index (χ0v) is 23.8. The number of benzene rings is 3. The van der Waals surface area contributed by atoms with E-state index in [4.69, 9.17) is 9.47 Å². The molecule has 3 aromatic carbocycles. The summed E-state index contributed by atoms with van der Waals surface area (Å²) in [5, 5.41) is 34.6. The molecule has 3 amide bonds. The molecule has 2 unspecified atom stereocenters. The summed E-state index contributed by atoms with van der Waals surface area (Å²) in [4.78, 5) is 41.7. The molecule has 0 aromatic heterocycles. The molecule has 11 heteroatoms. The van der Waals surface area contributed by atoms with Crippen molar-refractivity contribution in [3.05, 3.63) is 83.9 Å². The molecule has 42 heavy (non-hydrogen) atoms. The maximum atomic E-state index is 14.1. The van der Waals surface area contributed by atoms with E-state index < -0.39 is 42.1 Å². The number of hydrogen-bond acceptors (Lipinski definition) is 8. The van der Waals surface area contributed by atoms with Gasteiger partial charge < -0.3 is 35.2 Å². The zero-order chi connectivity index (χ0) is 30.9. The Morgan fingerprint density at radius 1 is 0.929 bits per heavy atom. The molecular formula is C31H34N4O7. The third-order valence-corrected chi connectivity index (χ3v) is 6.02. The monoisotopic (exact) mass is 574 g/mol. The van der Waals surface area contributed by atoms with E-state index in [9.17, 15) is 29.9 Å². The van der Waals surface area contributed by atoms with Gasteiger partial charge in [-0.3, -0.25) is 9.59 Å². The maximum Gasteiger partial charge on any atom is 0.408 e. The van der Waals surface area contributed by atoms with Crippen LogP contribution in [0.25, 0.3) is 0 Å². The second kappa shape index (κ2) is 13.9. The van der Waals surface area contributed by atoms with E-state index in [0.717, 1.165) is 4.90 Å². The summed E-state index contributed by atoms with van der Waals surface area (Å²) in [5.74, 6) is -0.804. The summed E-state index contributed by atoms with van der Waals surface area (Å²) in [6.45, 7) is 4.53. The maximum absolute atomic E-state index is 14.1. The number of hydrogen-bond donors (Lipinski definition) is 4. The number of amides is 3. The van der Waals surface area contributed by atoms with Crippen LogP contribution in [-0.2, 0) is 20.7 Å². The van der Waals surface area contributed by atoms with E-state index in [1.54, 1.807) is 57.2 Å². The highest BCUT2D eigenvalue weighted by Gasteiger charge is 2.36. The molecular weight excluding hydrogens is 540 g/mol. The van der Waals surface area contributed by atoms with E-state index in [-0.39, 0.29) is 17.9 Å². The van der Waals surface area contributed by atoms with E-state index in [2.05, 4.69) is 10.6 Å². The van der Waals surface area contributed by atoms with Crippen LogP contribution in [0.1, 0.15) is 37.9 Å². The number of methoxy groups -OCH3 is 1. The lowest BCUT2D eigenvalue weighted by Gasteiger charge is -2.33. The van der Waals surface area contributed by atoms with Gasteiger partial charge in [-0.2, -0.15) is 5.26 Å². The number of carbonyl (C=O) groups excluding carboxylic acids is 3. The standard InChI is InChI=1S/C31H34N4O7/c1-31(2,3)42-30(40)34-26(19-20-5-11-23(36)12-6-20)29(39)35(18-17-32)27(21-7-13-24(37)14-8-21)28(38)33-22-9-15-25(41-4)16-10-22/h5-16,26-27,36-37H,18-19H2,1-4H3,(H,33,38)(H,34,40). The lowest BCUT2D eigenvalue weighted by Crippen LogP contribution is -2.53. The van der Waals surface area contributed by atoms with Crippen LogP contribution in [0.3, 0.4) is 0 Å². The van der Waals surface area contributed by atoms with Crippen LogP contribution < -0.4 is 15.4 Å². The fraction of sp³-hybridized carbons (Fsp3) is 0.290. The number of nitriles is 1. The van der Waals surface area contributed by atoms with E-state index in [1.807, 2.05) is 6.07 Å². The predicted octanol–water partition coefficient (Wildman–Crippen LogP) is 4.27. The van der Waals surface area contributed by atoms with Gasteiger partial charge in [0.05, 0.1) is 13.2 Å². The van der Waals surface area contributed by atoms with Crippen molar-refractivity contribution < 1.29 is 34.1 Å². The summed E-state index contributed by atoms with van der Waals surface area (Å²) in [7, 11) is 1.51. The van der Waals surface area contributed by atoms with Gasteiger partial charge in [0.25, 0.3) is 5.91 Å². The van der Waals surface area contributed by atoms with Crippen molar-refractivity contribution in [2.24, 2.45) is 0 Å². The molecule has 0 radical (unpaired) electrons. The first-order chi connectivity index (χ1) is 19.9. The molecule has 0 fully saturated rings. The molecule has 0 spiro atoms. The van der Waals surface area contributed by atoms with Crippen molar-refractivity contribution in [3.8, 4) is 23.3 Å². The number of rotatable bonds is 10. The Morgan fingerprint density at radius 3 is 2.02 bits per heavy atom. The Hall–Kier alpha value is -5.24. The number of nitrogens with zero attached hydrogens (tertiary/aromatic N) is 2. The number of ether oxygens (including phenoxy) is 2. The fourth-order valence-electron chi connectivity index (χ4n) is 4.10. The van der Waals surface area contributed by atoms with Gasteiger partial charge in [-0.25, -0.2) is 4.79 Å². The minimum Gasteiger partial charge on any atom is -0.508 e.